The van der Waals surface area contributed by atoms with Crippen LogP contribution in [0.15, 0.2) is 29.2 Å². The summed E-state index contributed by atoms with van der Waals surface area (Å²) in [4.78, 5) is 22.4. The first kappa shape index (κ1) is 12.8. The Balaban J connectivity index is 2.74. The van der Waals surface area contributed by atoms with Crippen molar-refractivity contribution < 1.29 is 15.0 Å². The monoisotopic (exact) mass is 260 g/mol. The fraction of sp³-hybridized carbons (Fsp3) is 0.154. The van der Waals surface area contributed by atoms with Gasteiger partial charge in [-0.3, -0.25) is 4.79 Å². The third kappa shape index (κ3) is 2.20. The van der Waals surface area contributed by atoms with Crippen LogP contribution in [0.25, 0.3) is 5.69 Å². The minimum atomic E-state index is -1.47. The van der Waals surface area contributed by atoms with Crippen LogP contribution in [0.5, 0.6) is 5.75 Å². The Hall–Kier alpha value is -2.63. The highest BCUT2D eigenvalue weighted by molar-refractivity contribution is 5.85. The number of aryl methyl sites for hydroxylation is 1. The summed E-state index contributed by atoms with van der Waals surface area (Å²) in [6.07, 6.45) is 1.11. The number of carboxylic acid groups (broad SMARTS) is 1. The van der Waals surface area contributed by atoms with Gasteiger partial charge in [0.15, 0.2) is 5.75 Å². The molecule has 0 aliphatic rings. The van der Waals surface area contributed by atoms with Crippen molar-refractivity contribution in [1.29, 1.82) is 0 Å². The molecule has 2 N–H and O–H groups in total. The predicted molar refractivity (Wildman–Crippen MR) is 67.9 cm³/mol. The molecule has 0 radical (unpaired) electrons. The molecule has 1 heterocycles. The Bertz CT molecular complexity index is 719. The summed E-state index contributed by atoms with van der Waals surface area (Å²) in [5.41, 5.74) is 0.788. The van der Waals surface area contributed by atoms with Crippen LogP contribution >= 0.6 is 0 Å². The molecule has 0 saturated heterocycles. The first-order valence-corrected chi connectivity index (χ1v) is 5.54. The van der Waals surface area contributed by atoms with Gasteiger partial charge in [-0.25, -0.2) is 9.48 Å². The predicted octanol–water partition coefficient (Wildman–Crippen LogP) is 1.25. The van der Waals surface area contributed by atoms with Crippen molar-refractivity contribution in [3.63, 3.8) is 0 Å². The summed E-state index contributed by atoms with van der Waals surface area (Å²) in [5.74, 6) is -2.12. The number of hydrogen-bond acceptors (Lipinski definition) is 4. The van der Waals surface area contributed by atoms with Gasteiger partial charge < -0.3 is 10.2 Å². The molecular weight excluding hydrogens is 248 g/mol. The second kappa shape index (κ2) is 4.56. The van der Waals surface area contributed by atoms with Gasteiger partial charge >= 0.3 is 5.97 Å². The summed E-state index contributed by atoms with van der Waals surface area (Å²) in [6, 6.07) is 5.42. The van der Waals surface area contributed by atoms with Crippen LogP contribution in [0.3, 0.4) is 0 Å². The fourth-order valence-electron chi connectivity index (χ4n) is 1.72. The molecule has 6 nitrogen and oxygen atoms in total. The van der Waals surface area contributed by atoms with E-state index in [-0.39, 0.29) is 0 Å². The van der Waals surface area contributed by atoms with Crippen LogP contribution in [-0.2, 0) is 0 Å². The van der Waals surface area contributed by atoms with E-state index in [4.69, 9.17) is 5.11 Å². The highest BCUT2D eigenvalue weighted by Gasteiger charge is 2.16. The number of carbonyl (C=O) groups is 1. The lowest BCUT2D eigenvalue weighted by atomic mass is 10.1. The number of aromatic carboxylic acids is 1. The van der Waals surface area contributed by atoms with Gasteiger partial charge in [-0.15, -0.1) is 0 Å². The first-order valence-electron chi connectivity index (χ1n) is 5.54. The highest BCUT2D eigenvalue weighted by atomic mass is 16.4. The summed E-state index contributed by atoms with van der Waals surface area (Å²) >= 11 is 0. The van der Waals surface area contributed by atoms with Gasteiger partial charge in [0.25, 0.3) is 5.43 Å². The van der Waals surface area contributed by atoms with E-state index in [1.807, 2.05) is 19.9 Å². The molecule has 0 saturated carbocycles. The Morgan fingerprint density at radius 3 is 2.63 bits per heavy atom. The van der Waals surface area contributed by atoms with E-state index in [0.717, 1.165) is 17.3 Å². The molecule has 0 unspecified atom stereocenters. The Kier molecular flexibility index (Phi) is 3.08. The molecule has 98 valence electrons. The van der Waals surface area contributed by atoms with Crippen LogP contribution in [0.4, 0.5) is 0 Å². The normalized spacial score (nSPS) is 10.4. The van der Waals surface area contributed by atoms with Crippen molar-refractivity contribution in [3.05, 3.63) is 51.4 Å². The smallest absolute Gasteiger partial charge is 0.360 e. The van der Waals surface area contributed by atoms with E-state index in [0.29, 0.717) is 5.69 Å². The molecule has 0 aliphatic carbocycles. The van der Waals surface area contributed by atoms with E-state index in [9.17, 15) is 14.7 Å². The summed E-state index contributed by atoms with van der Waals surface area (Å²) < 4.78 is 1.20. The second-order valence-corrected chi connectivity index (χ2v) is 4.16. The molecular formula is C13H12N2O4. The molecule has 2 rings (SSSR count). The SMILES string of the molecule is Cc1cccc(-n2cc(O)c(=O)c(C(=O)O)n2)c1C. The highest BCUT2D eigenvalue weighted by Crippen LogP contribution is 2.17. The maximum absolute atomic E-state index is 11.4. The van der Waals surface area contributed by atoms with Gasteiger partial charge in [-0.1, -0.05) is 12.1 Å². The molecule has 0 aliphatic heterocycles. The number of rotatable bonds is 2. The molecule has 2 aromatic rings. The lowest BCUT2D eigenvalue weighted by molar-refractivity contribution is 0.0686. The van der Waals surface area contributed by atoms with Crippen molar-refractivity contribution in [3.8, 4) is 11.4 Å². The molecule has 1 aromatic carbocycles. The van der Waals surface area contributed by atoms with Gasteiger partial charge in [-0.2, -0.15) is 5.10 Å². The van der Waals surface area contributed by atoms with Gasteiger partial charge in [0.2, 0.25) is 5.69 Å². The number of nitrogens with zero attached hydrogens (tertiary/aromatic N) is 2. The average molecular weight is 260 g/mol. The van der Waals surface area contributed by atoms with Crippen LogP contribution in [0, 0.1) is 13.8 Å². The lowest BCUT2D eigenvalue weighted by Gasteiger charge is -2.11. The van der Waals surface area contributed by atoms with Crippen molar-refractivity contribution in [2.24, 2.45) is 0 Å². The van der Waals surface area contributed by atoms with Gasteiger partial charge in [0, 0.05) is 0 Å². The van der Waals surface area contributed by atoms with Gasteiger partial charge in [0.1, 0.15) is 0 Å². The quantitative estimate of drug-likeness (QED) is 0.847. The summed E-state index contributed by atoms with van der Waals surface area (Å²) in [6.45, 7) is 3.75. The van der Waals surface area contributed by atoms with Crippen molar-refractivity contribution in [2.45, 2.75) is 13.8 Å². The van der Waals surface area contributed by atoms with Crippen LogP contribution in [-0.4, -0.2) is 26.0 Å². The molecule has 0 amide bonds. The molecule has 0 spiro atoms. The fourth-order valence-corrected chi connectivity index (χ4v) is 1.72. The Morgan fingerprint density at radius 2 is 2.00 bits per heavy atom. The summed E-state index contributed by atoms with van der Waals surface area (Å²) in [5, 5.41) is 22.2. The standard InChI is InChI=1S/C13H12N2O4/c1-7-4-3-5-9(8(7)2)15-6-10(16)12(17)11(14-15)13(18)19/h3-6,16H,1-2H3,(H,18,19). The largest absolute Gasteiger partial charge is 0.503 e. The number of carboxylic acids is 1. The molecule has 1 aromatic heterocycles. The van der Waals surface area contributed by atoms with E-state index < -0.39 is 22.8 Å². The Morgan fingerprint density at radius 1 is 1.32 bits per heavy atom. The maximum Gasteiger partial charge on any atom is 0.360 e. The first-order chi connectivity index (χ1) is 8.91. The van der Waals surface area contributed by atoms with Gasteiger partial charge in [0.05, 0.1) is 11.9 Å². The molecule has 6 heteroatoms. The van der Waals surface area contributed by atoms with E-state index in [1.165, 1.54) is 4.68 Å². The molecule has 0 bridgehead atoms. The Labute approximate surface area is 108 Å². The zero-order valence-corrected chi connectivity index (χ0v) is 10.4. The molecule has 19 heavy (non-hydrogen) atoms. The third-order valence-corrected chi connectivity index (χ3v) is 2.93. The number of aromatic hydroxyl groups is 1. The van der Waals surface area contributed by atoms with E-state index in [1.54, 1.807) is 12.1 Å². The number of hydrogen-bond donors (Lipinski definition) is 2. The average Bonchev–Trinajstić information content (AvgIpc) is 2.35. The minimum absolute atomic E-state index is 0.609. The van der Waals surface area contributed by atoms with Crippen molar-refractivity contribution in [1.82, 2.24) is 9.78 Å². The zero-order valence-electron chi connectivity index (χ0n) is 10.4. The van der Waals surface area contributed by atoms with Crippen molar-refractivity contribution in [2.75, 3.05) is 0 Å². The number of aromatic nitrogens is 2. The van der Waals surface area contributed by atoms with Crippen LogP contribution in [0.1, 0.15) is 21.6 Å². The second-order valence-electron chi connectivity index (χ2n) is 4.16. The molecule has 0 atom stereocenters. The van der Waals surface area contributed by atoms with Gasteiger partial charge in [-0.05, 0) is 31.0 Å². The maximum atomic E-state index is 11.4. The number of benzene rings is 1. The minimum Gasteiger partial charge on any atom is -0.503 e. The van der Waals surface area contributed by atoms with E-state index in [2.05, 4.69) is 5.10 Å². The third-order valence-electron chi connectivity index (χ3n) is 2.93. The molecule has 0 fully saturated rings. The summed E-state index contributed by atoms with van der Waals surface area (Å²) in [7, 11) is 0. The van der Waals surface area contributed by atoms with Crippen LogP contribution < -0.4 is 5.43 Å². The lowest BCUT2D eigenvalue weighted by Crippen LogP contribution is -2.21. The van der Waals surface area contributed by atoms with E-state index >= 15 is 0 Å². The van der Waals surface area contributed by atoms with Crippen molar-refractivity contribution >= 4 is 5.97 Å². The zero-order chi connectivity index (χ0) is 14.2. The van der Waals surface area contributed by atoms with Crippen LogP contribution in [0.2, 0.25) is 0 Å². The topological polar surface area (TPSA) is 92.4 Å².